The Kier molecular flexibility index (Phi) is 4.27. The average molecular weight is 289 g/mol. The third-order valence-corrected chi connectivity index (χ3v) is 4.80. The van der Waals surface area contributed by atoms with Crippen molar-refractivity contribution in [1.82, 2.24) is 4.90 Å². The highest BCUT2D eigenvalue weighted by atomic mass is 16.5. The molecule has 0 bridgehead atoms. The number of aryl methyl sites for hydroxylation is 1. The molecular weight excluding hydrogens is 266 g/mol. The van der Waals surface area contributed by atoms with Crippen LogP contribution >= 0.6 is 0 Å². The number of carbonyl (C=O) groups is 1. The molecule has 3 unspecified atom stereocenters. The second-order valence-electron chi connectivity index (χ2n) is 6.17. The van der Waals surface area contributed by atoms with Gasteiger partial charge in [-0.05, 0) is 36.3 Å². The third-order valence-electron chi connectivity index (χ3n) is 4.80. The lowest BCUT2D eigenvalue weighted by atomic mass is 9.82. The van der Waals surface area contributed by atoms with Gasteiger partial charge in [-0.15, -0.1) is 0 Å². The van der Waals surface area contributed by atoms with Crippen molar-refractivity contribution in [3.63, 3.8) is 0 Å². The van der Waals surface area contributed by atoms with Crippen molar-refractivity contribution in [2.45, 2.75) is 43.7 Å². The fourth-order valence-electron chi connectivity index (χ4n) is 3.79. The molecule has 1 N–H and O–H groups in total. The van der Waals surface area contributed by atoms with Gasteiger partial charge in [0.2, 0.25) is 0 Å². The largest absolute Gasteiger partial charge is 0.468 e. The summed E-state index contributed by atoms with van der Waals surface area (Å²) in [6.45, 7) is 1.40. The molecule has 21 heavy (non-hydrogen) atoms. The topological polar surface area (TPSA) is 49.8 Å². The first-order valence-corrected chi connectivity index (χ1v) is 7.76. The fourth-order valence-corrected chi connectivity index (χ4v) is 3.79. The van der Waals surface area contributed by atoms with Gasteiger partial charge in [-0.25, -0.2) is 0 Å². The standard InChI is InChI=1S/C17H23NO3/c1-21-17(20)16-9-14(19)11-18(16)10-13-7-4-6-12-5-2-3-8-15(12)13/h2-3,5,8,13-14,16,19H,4,6-7,9-11H2,1H3. The predicted octanol–water partition coefficient (Wildman–Crippen LogP) is 1.71. The monoisotopic (exact) mass is 289 g/mol. The summed E-state index contributed by atoms with van der Waals surface area (Å²) in [5.41, 5.74) is 2.84. The molecule has 114 valence electrons. The van der Waals surface area contributed by atoms with Crippen LogP contribution in [0.2, 0.25) is 0 Å². The highest BCUT2D eigenvalue weighted by Gasteiger charge is 2.38. The lowest BCUT2D eigenvalue weighted by Crippen LogP contribution is -2.39. The minimum Gasteiger partial charge on any atom is -0.468 e. The number of carbonyl (C=O) groups excluding carboxylic acids is 1. The second kappa shape index (κ2) is 6.16. The molecule has 1 aliphatic heterocycles. The first-order chi connectivity index (χ1) is 10.2. The van der Waals surface area contributed by atoms with Gasteiger partial charge in [0.1, 0.15) is 6.04 Å². The zero-order valence-electron chi connectivity index (χ0n) is 12.5. The van der Waals surface area contributed by atoms with E-state index in [0.29, 0.717) is 18.9 Å². The van der Waals surface area contributed by atoms with E-state index in [9.17, 15) is 9.90 Å². The van der Waals surface area contributed by atoms with E-state index in [4.69, 9.17) is 4.74 Å². The van der Waals surface area contributed by atoms with Gasteiger partial charge in [-0.3, -0.25) is 9.69 Å². The number of benzene rings is 1. The van der Waals surface area contributed by atoms with Crippen molar-refractivity contribution >= 4 is 5.97 Å². The molecule has 1 aromatic rings. The van der Waals surface area contributed by atoms with Crippen LogP contribution in [0.1, 0.15) is 36.3 Å². The molecule has 2 aliphatic rings. The summed E-state index contributed by atoms with van der Waals surface area (Å²) in [6.07, 6.45) is 3.56. The number of aliphatic hydroxyl groups is 1. The number of esters is 1. The van der Waals surface area contributed by atoms with Crippen molar-refractivity contribution in [1.29, 1.82) is 0 Å². The van der Waals surface area contributed by atoms with Crippen molar-refractivity contribution in [3.8, 4) is 0 Å². The smallest absolute Gasteiger partial charge is 0.323 e. The van der Waals surface area contributed by atoms with E-state index in [2.05, 4.69) is 29.2 Å². The summed E-state index contributed by atoms with van der Waals surface area (Å²) >= 11 is 0. The number of hydrogen-bond donors (Lipinski definition) is 1. The van der Waals surface area contributed by atoms with E-state index >= 15 is 0 Å². The summed E-state index contributed by atoms with van der Waals surface area (Å²) < 4.78 is 4.88. The number of rotatable bonds is 3. The number of methoxy groups -OCH3 is 1. The summed E-state index contributed by atoms with van der Waals surface area (Å²) in [5.74, 6) is 0.225. The van der Waals surface area contributed by atoms with Gasteiger partial charge in [0.05, 0.1) is 13.2 Å². The highest BCUT2D eigenvalue weighted by Crippen LogP contribution is 2.33. The Morgan fingerprint density at radius 2 is 2.24 bits per heavy atom. The minimum absolute atomic E-state index is 0.226. The van der Waals surface area contributed by atoms with Gasteiger partial charge in [-0.1, -0.05) is 24.3 Å². The highest BCUT2D eigenvalue weighted by molar-refractivity contribution is 5.76. The SMILES string of the molecule is COC(=O)C1CC(O)CN1CC1CCCc2ccccc21. The van der Waals surface area contributed by atoms with Crippen molar-refractivity contribution < 1.29 is 14.6 Å². The Morgan fingerprint density at radius 1 is 1.43 bits per heavy atom. The molecule has 0 radical (unpaired) electrons. The number of aliphatic hydroxyl groups excluding tert-OH is 1. The molecule has 3 rings (SSSR count). The zero-order valence-corrected chi connectivity index (χ0v) is 12.5. The lowest BCUT2D eigenvalue weighted by molar-refractivity contribution is -0.146. The molecule has 1 heterocycles. The number of likely N-dealkylation sites (tertiary alicyclic amines) is 1. The molecule has 0 amide bonds. The summed E-state index contributed by atoms with van der Waals surface area (Å²) in [7, 11) is 1.42. The van der Waals surface area contributed by atoms with E-state index in [-0.39, 0.29) is 12.0 Å². The first kappa shape index (κ1) is 14.5. The molecule has 4 nitrogen and oxygen atoms in total. The fraction of sp³-hybridized carbons (Fsp3) is 0.588. The van der Waals surface area contributed by atoms with Gasteiger partial charge >= 0.3 is 5.97 Å². The zero-order chi connectivity index (χ0) is 14.8. The Labute approximate surface area is 125 Å². The number of hydrogen-bond acceptors (Lipinski definition) is 4. The van der Waals surface area contributed by atoms with Gasteiger partial charge < -0.3 is 9.84 Å². The molecule has 4 heteroatoms. The number of fused-ring (bicyclic) bond motifs is 1. The predicted molar refractivity (Wildman–Crippen MR) is 80.1 cm³/mol. The minimum atomic E-state index is -0.423. The van der Waals surface area contributed by atoms with Gasteiger partial charge in [0.25, 0.3) is 0 Å². The van der Waals surface area contributed by atoms with Crippen LogP contribution < -0.4 is 0 Å². The molecule has 0 spiro atoms. The summed E-state index contributed by atoms with van der Waals surface area (Å²) in [5, 5.41) is 9.89. The number of β-amino-alcohol motifs (C(OH)–C–C–N with tert-alkyl or cyclic N) is 1. The Balaban J connectivity index is 1.76. The van der Waals surface area contributed by atoms with Crippen LogP contribution in [0.25, 0.3) is 0 Å². The van der Waals surface area contributed by atoms with E-state index < -0.39 is 6.10 Å². The lowest BCUT2D eigenvalue weighted by Gasteiger charge is -2.31. The average Bonchev–Trinajstić information content (AvgIpc) is 2.87. The van der Waals surface area contributed by atoms with E-state index in [1.807, 2.05) is 0 Å². The van der Waals surface area contributed by atoms with Gasteiger partial charge in [-0.2, -0.15) is 0 Å². The maximum absolute atomic E-state index is 11.9. The van der Waals surface area contributed by atoms with Crippen LogP contribution in [0.3, 0.4) is 0 Å². The third kappa shape index (κ3) is 2.97. The summed E-state index contributed by atoms with van der Waals surface area (Å²) in [4.78, 5) is 14.0. The maximum atomic E-state index is 11.9. The van der Waals surface area contributed by atoms with Crippen LogP contribution in [0.15, 0.2) is 24.3 Å². The Hall–Kier alpha value is -1.39. The van der Waals surface area contributed by atoms with Crippen LogP contribution in [-0.2, 0) is 16.0 Å². The van der Waals surface area contributed by atoms with Crippen molar-refractivity contribution in [2.75, 3.05) is 20.2 Å². The van der Waals surface area contributed by atoms with E-state index in [1.165, 1.54) is 24.7 Å². The molecule has 0 aromatic heterocycles. The van der Waals surface area contributed by atoms with Crippen LogP contribution in [0.4, 0.5) is 0 Å². The quantitative estimate of drug-likeness (QED) is 0.861. The maximum Gasteiger partial charge on any atom is 0.323 e. The molecule has 0 saturated carbocycles. The van der Waals surface area contributed by atoms with Crippen LogP contribution in [0.5, 0.6) is 0 Å². The molecule has 3 atom stereocenters. The molecular formula is C17H23NO3. The van der Waals surface area contributed by atoms with E-state index in [0.717, 1.165) is 19.4 Å². The molecule has 1 saturated heterocycles. The normalized spacial score (nSPS) is 29.1. The van der Waals surface area contributed by atoms with Crippen LogP contribution in [-0.4, -0.2) is 48.3 Å². The molecule has 1 aromatic carbocycles. The first-order valence-electron chi connectivity index (χ1n) is 7.76. The van der Waals surface area contributed by atoms with E-state index in [1.54, 1.807) is 0 Å². The summed E-state index contributed by atoms with van der Waals surface area (Å²) in [6, 6.07) is 8.31. The number of nitrogens with zero attached hydrogens (tertiary/aromatic N) is 1. The molecule has 1 aliphatic carbocycles. The van der Waals surface area contributed by atoms with Crippen LogP contribution in [0, 0.1) is 0 Å². The molecule has 1 fully saturated rings. The second-order valence-corrected chi connectivity index (χ2v) is 6.17. The number of ether oxygens (including phenoxy) is 1. The Bertz CT molecular complexity index is 517. The Morgan fingerprint density at radius 3 is 3.05 bits per heavy atom. The van der Waals surface area contributed by atoms with Gasteiger partial charge in [0.15, 0.2) is 0 Å². The van der Waals surface area contributed by atoms with Gasteiger partial charge in [0, 0.05) is 19.5 Å². The van der Waals surface area contributed by atoms with Crippen molar-refractivity contribution in [3.05, 3.63) is 35.4 Å². The van der Waals surface area contributed by atoms with Crippen molar-refractivity contribution in [2.24, 2.45) is 0 Å².